The largest absolute Gasteiger partial charge is 0.106 e. The Balaban J connectivity index is 1.60. The van der Waals surface area contributed by atoms with Gasteiger partial charge in [-0.15, -0.1) is 5.92 Å². The quantitative estimate of drug-likeness (QED) is 0.409. The van der Waals surface area contributed by atoms with E-state index >= 15 is 0 Å². The second kappa shape index (κ2) is 5.19. The first kappa shape index (κ1) is 13.9. The number of rotatable bonds is 0. The van der Waals surface area contributed by atoms with Gasteiger partial charge in [0.1, 0.15) is 0 Å². The van der Waals surface area contributed by atoms with E-state index in [9.17, 15) is 0 Å². The van der Waals surface area contributed by atoms with Crippen molar-refractivity contribution >= 4 is 0 Å². The molecule has 4 rings (SSSR count). The summed E-state index contributed by atoms with van der Waals surface area (Å²) in [6, 6.07) is 0. The van der Waals surface area contributed by atoms with Crippen molar-refractivity contribution in [3.63, 3.8) is 0 Å². The number of hydrogen-bond donors (Lipinski definition) is 0. The third kappa shape index (κ3) is 2.03. The lowest BCUT2D eigenvalue weighted by Gasteiger charge is -2.54. The van der Waals surface area contributed by atoms with Crippen LogP contribution in [0.4, 0.5) is 0 Å². The lowest BCUT2D eigenvalue weighted by Crippen LogP contribution is -2.47. The monoisotopic (exact) mass is 282 g/mol. The zero-order valence-electron chi connectivity index (χ0n) is 13.8. The van der Waals surface area contributed by atoms with Crippen LogP contribution in [0, 0.1) is 52.8 Å². The van der Waals surface area contributed by atoms with Crippen LogP contribution in [0.5, 0.6) is 0 Å². The van der Waals surface area contributed by atoms with Crippen molar-refractivity contribution in [2.75, 3.05) is 0 Å². The second-order valence-electron chi connectivity index (χ2n) is 8.41. The van der Waals surface area contributed by atoms with Crippen molar-refractivity contribution in [2.24, 2.45) is 40.9 Å². The Hall–Kier alpha value is -0.700. The highest BCUT2D eigenvalue weighted by molar-refractivity contribution is 5.16. The molecule has 0 radical (unpaired) electrons. The standard InChI is InChI=1S/C21H30/c1-3-6-16-10-12-20-19-11-9-15-7-4-5-8-17(15)18(19)13-14-21(16,20)2/h4,7,15-20H,5,8-14H2,1-2H3/t15?,16-,17+,18-,19-,20+,21-/m1/s1. The van der Waals surface area contributed by atoms with Crippen LogP contribution < -0.4 is 0 Å². The van der Waals surface area contributed by atoms with Crippen molar-refractivity contribution in [2.45, 2.75) is 65.2 Å². The zero-order valence-corrected chi connectivity index (χ0v) is 13.8. The first-order valence-corrected chi connectivity index (χ1v) is 9.33. The Kier molecular flexibility index (Phi) is 3.44. The minimum absolute atomic E-state index is 0.543. The Morgan fingerprint density at radius 2 is 1.86 bits per heavy atom. The van der Waals surface area contributed by atoms with Crippen LogP contribution >= 0.6 is 0 Å². The van der Waals surface area contributed by atoms with Crippen LogP contribution in [-0.4, -0.2) is 0 Å². The highest BCUT2D eigenvalue weighted by atomic mass is 14.6. The molecule has 0 aliphatic heterocycles. The smallest absolute Gasteiger partial charge is 0.0259 e. The molecule has 114 valence electrons. The molecule has 0 aromatic carbocycles. The molecule has 0 amide bonds. The molecule has 0 N–H and O–H groups in total. The molecule has 3 fully saturated rings. The fourth-order valence-electron chi connectivity index (χ4n) is 6.82. The zero-order chi connectivity index (χ0) is 14.4. The van der Waals surface area contributed by atoms with Crippen molar-refractivity contribution < 1.29 is 0 Å². The van der Waals surface area contributed by atoms with E-state index < -0.39 is 0 Å². The Morgan fingerprint density at radius 3 is 2.71 bits per heavy atom. The van der Waals surface area contributed by atoms with Crippen molar-refractivity contribution in [3.8, 4) is 11.8 Å². The SMILES string of the molecule is CC#C[C@@H]1CC[C@H]2[C@@H]3CCC4C=CCC[C@@H]4[C@H]3CC[C@]12C. The lowest BCUT2D eigenvalue weighted by atomic mass is 9.50. The maximum Gasteiger partial charge on any atom is 0.0259 e. The lowest BCUT2D eigenvalue weighted by molar-refractivity contribution is -0.0404. The summed E-state index contributed by atoms with van der Waals surface area (Å²) in [5.41, 5.74) is 0.543. The van der Waals surface area contributed by atoms with Gasteiger partial charge >= 0.3 is 0 Å². The van der Waals surface area contributed by atoms with E-state index in [1.165, 1.54) is 51.4 Å². The normalized spacial score (nSPS) is 51.3. The minimum Gasteiger partial charge on any atom is -0.106 e. The van der Waals surface area contributed by atoms with Gasteiger partial charge in [-0.1, -0.05) is 25.0 Å². The first-order valence-electron chi connectivity index (χ1n) is 9.33. The van der Waals surface area contributed by atoms with Crippen molar-refractivity contribution in [3.05, 3.63) is 12.2 Å². The fraction of sp³-hybridized carbons (Fsp3) is 0.810. The average molecular weight is 282 g/mol. The Morgan fingerprint density at radius 1 is 0.952 bits per heavy atom. The highest BCUT2D eigenvalue weighted by Crippen LogP contribution is 2.63. The molecule has 0 aromatic rings. The molecule has 0 spiro atoms. The molecule has 0 nitrogen and oxygen atoms in total. The molecule has 1 unspecified atom stereocenters. The van der Waals surface area contributed by atoms with Crippen LogP contribution in [-0.2, 0) is 0 Å². The molecule has 0 heterocycles. The van der Waals surface area contributed by atoms with E-state index in [-0.39, 0.29) is 0 Å². The third-order valence-corrected chi connectivity index (χ3v) is 7.79. The van der Waals surface area contributed by atoms with Gasteiger partial charge in [0.05, 0.1) is 0 Å². The van der Waals surface area contributed by atoms with Gasteiger partial charge in [-0.05, 0) is 93.3 Å². The summed E-state index contributed by atoms with van der Waals surface area (Å²) in [5.74, 6) is 12.5. The summed E-state index contributed by atoms with van der Waals surface area (Å²) in [4.78, 5) is 0. The van der Waals surface area contributed by atoms with E-state index in [4.69, 9.17) is 0 Å². The topological polar surface area (TPSA) is 0 Å². The third-order valence-electron chi connectivity index (χ3n) is 7.79. The molecule has 0 bridgehead atoms. The van der Waals surface area contributed by atoms with Gasteiger partial charge in [0.25, 0.3) is 0 Å². The van der Waals surface area contributed by atoms with Crippen molar-refractivity contribution in [1.29, 1.82) is 0 Å². The van der Waals surface area contributed by atoms with E-state index in [1.54, 1.807) is 0 Å². The van der Waals surface area contributed by atoms with E-state index in [0.717, 1.165) is 29.6 Å². The van der Waals surface area contributed by atoms with Gasteiger partial charge in [0.2, 0.25) is 0 Å². The van der Waals surface area contributed by atoms with Gasteiger partial charge in [0.15, 0.2) is 0 Å². The first-order chi connectivity index (χ1) is 10.2. The summed E-state index contributed by atoms with van der Waals surface area (Å²) < 4.78 is 0. The second-order valence-corrected chi connectivity index (χ2v) is 8.41. The van der Waals surface area contributed by atoms with Crippen LogP contribution in [0.3, 0.4) is 0 Å². The van der Waals surface area contributed by atoms with Crippen LogP contribution in [0.15, 0.2) is 12.2 Å². The van der Waals surface area contributed by atoms with Gasteiger partial charge in [-0.3, -0.25) is 0 Å². The molecule has 4 aliphatic carbocycles. The minimum atomic E-state index is 0.543. The molecule has 3 saturated carbocycles. The number of hydrogen-bond acceptors (Lipinski definition) is 0. The molecule has 21 heavy (non-hydrogen) atoms. The summed E-state index contributed by atoms with van der Waals surface area (Å²) in [6.45, 7) is 4.62. The predicted molar refractivity (Wildman–Crippen MR) is 88.6 cm³/mol. The van der Waals surface area contributed by atoms with Gasteiger partial charge < -0.3 is 0 Å². The summed E-state index contributed by atoms with van der Waals surface area (Å²) in [5, 5.41) is 0. The predicted octanol–water partition coefficient (Wildman–Crippen LogP) is 5.44. The molecule has 0 heteroatoms. The summed E-state index contributed by atoms with van der Waals surface area (Å²) in [6.07, 6.45) is 16.6. The number of fused-ring (bicyclic) bond motifs is 5. The Labute approximate surface area is 130 Å². The average Bonchev–Trinajstić information content (AvgIpc) is 2.84. The summed E-state index contributed by atoms with van der Waals surface area (Å²) in [7, 11) is 0. The maximum absolute atomic E-state index is 3.57. The van der Waals surface area contributed by atoms with Crippen LogP contribution in [0.2, 0.25) is 0 Å². The fourth-order valence-corrected chi connectivity index (χ4v) is 6.82. The molecule has 7 atom stereocenters. The molecule has 0 aromatic heterocycles. The molecule has 4 aliphatic rings. The van der Waals surface area contributed by atoms with Crippen molar-refractivity contribution in [1.82, 2.24) is 0 Å². The van der Waals surface area contributed by atoms with Crippen LogP contribution in [0.1, 0.15) is 65.2 Å². The van der Waals surface area contributed by atoms with Gasteiger partial charge in [-0.2, -0.15) is 0 Å². The van der Waals surface area contributed by atoms with Crippen LogP contribution in [0.25, 0.3) is 0 Å². The highest BCUT2D eigenvalue weighted by Gasteiger charge is 2.55. The van der Waals surface area contributed by atoms with E-state index in [1.807, 2.05) is 6.92 Å². The summed E-state index contributed by atoms with van der Waals surface area (Å²) >= 11 is 0. The molecule has 0 saturated heterocycles. The van der Waals surface area contributed by atoms with Gasteiger partial charge in [0, 0.05) is 5.92 Å². The molecular weight excluding hydrogens is 252 g/mol. The maximum atomic E-state index is 3.57. The Bertz CT molecular complexity index is 490. The van der Waals surface area contributed by atoms with E-state index in [0.29, 0.717) is 11.3 Å². The van der Waals surface area contributed by atoms with Gasteiger partial charge in [-0.25, -0.2) is 0 Å². The molecular formula is C21H30. The number of allylic oxidation sites excluding steroid dienone is 2. The van der Waals surface area contributed by atoms with E-state index in [2.05, 4.69) is 30.9 Å².